The first-order valence-electron chi connectivity index (χ1n) is 5.82. The second-order valence-corrected chi connectivity index (χ2v) is 4.97. The highest BCUT2D eigenvalue weighted by Gasteiger charge is 2.49. The van der Waals surface area contributed by atoms with Crippen LogP contribution in [0.1, 0.15) is 25.7 Å². The number of rotatable bonds is 3. The zero-order chi connectivity index (χ0) is 11.8. The Hall–Kier alpha value is -1.10. The second kappa shape index (κ2) is 4.05. The second-order valence-electron chi connectivity index (χ2n) is 4.97. The van der Waals surface area contributed by atoms with Crippen molar-refractivity contribution >= 4 is 11.8 Å². The lowest BCUT2D eigenvalue weighted by molar-refractivity contribution is -0.134. The molecule has 2 amide bonds. The fourth-order valence-corrected chi connectivity index (χ4v) is 2.14. The minimum absolute atomic E-state index is 0.0720. The Labute approximate surface area is 95.3 Å². The first-order valence-corrected chi connectivity index (χ1v) is 5.82. The predicted molar refractivity (Wildman–Crippen MR) is 59.5 cm³/mol. The lowest BCUT2D eigenvalue weighted by Crippen LogP contribution is -2.51. The summed E-state index contributed by atoms with van der Waals surface area (Å²) in [5.41, 5.74) is 5.31. The van der Waals surface area contributed by atoms with Gasteiger partial charge in [-0.1, -0.05) is 0 Å². The molecule has 5 heteroatoms. The Morgan fingerprint density at radius 2 is 2.31 bits per heavy atom. The van der Waals surface area contributed by atoms with Crippen molar-refractivity contribution in [1.82, 2.24) is 10.2 Å². The van der Waals surface area contributed by atoms with Gasteiger partial charge >= 0.3 is 0 Å². The molecule has 2 aliphatic rings. The summed E-state index contributed by atoms with van der Waals surface area (Å²) in [6, 6.07) is 0.0965. The number of piperidine rings is 1. The molecule has 1 saturated heterocycles. The molecule has 5 nitrogen and oxygen atoms in total. The number of nitrogens with two attached hydrogens (primary N) is 1. The van der Waals surface area contributed by atoms with Gasteiger partial charge in [-0.2, -0.15) is 0 Å². The summed E-state index contributed by atoms with van der Waals surface area (Å²) in [5.74, 6) is 0.230. The van der Waals surface area contributed by atoms with E-state index in [1.165, 1.54) is 0 Å². The molecule has 2 fully saturated rings. The third-order valence-corrected chi connectivity index (χ3v) is 3.69. The van der Waals surface area contributed by atoms with Gasteiger partial charge in [-0.05, 0) is 19.3 Å². The van der Waals surface area contributed by atoms with E-state index in [1.807, 2.05) is 0 Å². The molecule has 1 unspecified atom stereocenters. The van der Waals surface area contributed by atoms with Gasteiger partial charge in [0.25, 0.3) is 0 Å². The quantitative estimate of drug-likeness (QED) is 0.677. The van der Waals surface area contributed by atoms with Crippen molar-refractivity contribution in [2.24, 2.45) is 11.1 Å². The molecule has 0 radical (unpaired) electrons. The van der Waals surface area contributed by atoms with Gasteiger partial charge in [-0.25, -0.2) is 0 Å². The van der Waals surface area contributed by atoms with Crippen molar-refractivity contribution in [2.75, 3.05) is 20.1 Å². The molecule has 2 rings (SSSR count). The van der Waals surface area contributed by atoms with Crippen molar-refractivity contribution in [3.8, 4) is 0 Å². The van der Waals surface area contributed by atoms with E-state index in [1.54, 1.807) is 11.9 Å². The molecule has 0 bridgehead atoms. The number of carbonyl (C=O) groups excluding carboxylic acids is 2. The summed E-state index contributed by atoms with van der Waals surface area (Å²) in [7, 11) is 1.77. The van der Waals surface area contributed by atoms with Crippen molar-refractivity contribution in [3.05, 3.63) is 0 Å². The maximum absolute atomic E-state index is 11.9. The number of amides is 2. The average Bonchev–Trinajstić information content (AvgIpc) is 3.04. The number of hydrogen-bond donors (Lipinski definition) is 2. The summed E-state index contributed by atoms with van der Waals surface area (Å²) >= 11 is 0. The van der Waals surface area contributed by atoms with Gasteiger partial charge in [-0.3, -0.25) is 9.59 Å². The van der Waals surface area contributed by atoms with E-state index < -0.39 is 0 Å². The number of hydrogen-bond acceptors (Lipinski definition) is 3. The number of nitrogens with zero attached hydrogens (tertiary/aromatic N) is 1. The standard InChI is InChI=1S/C11H19N3O2/c1-14-6-8(2-3-9(14)15)13-10(16)11(7-12)4-5-11/h8H,2-7,12H2,1H3,(H,13,16). The Morgan fingerprint density at radius 1 is 1.62 bits per heavy atom. The van der Waals surface area contributed by atoms with E-state index in [0.29, 0.717) is 19.5 Å². The normalized spacial score (nSPS) is 27.8. The van der Waals surface area contributed by atoms with Gasteiger partial charge in [-0.15, -0.1) is 0 Å². The van der Waals surface area contributed by atoms with Crippen molar-refractivity contribution in [2.45, 2.75) is 31.7 Å². The van der Waals surface area contributed by atoms with Gasteiger partial charge in [0.1, 0.15) is 0 Å². The fourth-order valence-electron chi connectivity index (χ4n) is 2.14. The van der Waals surface area contributed by atoms with Gasteiger partial charge in [0.05, 0.1) is 5.41 Å². The molecule has 3 N–H and O–H groups in total. The van der Waals surface area contributed by atoms with Gasteiger partial charge in [0.2, 0.25) is 11.8 Å². The first kappa shape index (κ1) is 11.4. The maximum atomic E-state index is 11.9. The highest BCUT2D eigenvalue weighted by molar-refractivity contribution is 5.86. The monoisotopic (exact) mass is 225 g/mol. The van der Waals surface area contributed by atoms with E-state index in [2.05, 4.69) is 5.32 Å². The molecule has 0 aromatic rings. The van der Waals surface area contributed by atoms with Crippen LogP contribution in [0.15, 0.2) is 0 Å². The lowest BCUT2D eigenvalue weighted by atomic mass is 10.0. The minimum atomic E-state index is -0.292. The van der Waals surface area contributed by atoms with Crippen LogP contribution in [0, 0.1) is 5.41 Å². The lowest BCUT2D eigenvalue weighted by Gasteiger charge is -2.31. The molecule has 0 aromatic carbocycles. The Bertz CT molecular complexity index is 312. The summed E-state index contributed by atoms with van der Waals surface area (Å²) in [6.07, 6.45) is 3.07. The summed E-state index contributed by atoms with van der Waals surface area (Å²) in [4.78, 5) is 24.9. The minimum Gasteiger partial charge on any atom is -0.351 e. The van der Waals surface area contributed by atoms with Gasteiger partial charge in [0.15, 0.2) is 0 Å². The molecule has 1 aliphatic carbocycles. The van der Waals surface area contributed by atoms with Crippen LogP contribution in [0.3, 0.4) is 0 Å². The smallest absolute Gasteiger partial charge is 0.227 e. The topological polar surface area (TPSA) is 75.4 Å². The van der Waals surface area contributed by atoms with Crippen molar-refractivity contribution in [1.29, 1.82) is 0 Å². The summed E-state index contributed by atoms with van der Waals surface area (Å²) in [5, 5.41) is 3.01. The summed E-state index contributed by atoms with van der Waals surface area (Å²) < 4.78 is 0. The van der Waals surface area contributed by atoms with Crippen molar-refractivity contribution in [3.63, 3.8) is 0 Å². The Morgan fingerprint density at radius 3 is 2.81 bits per heavy atom. The molecule has 1 atom stereocenters. The molecule has 0 aromatic heterocycles. The Balaban J connectivity index is 1.86. The highest BCUT2D eigenvalue weighted by atomic mass is 16.2. The number of likely N-dealkylation sites (N-methyl/N-ethyl adjacent to an activating group) is 1. The zero-order valence-electron chi connectivity index (χ0n) is 9.66. The van der Waals surface area contributed by atoms with Crippen LogP contribution in [-0.2, 0) is 9.59 Å². The predicted octanol–water partition coefficient (Wildman–Crippen LogP) is -0.538. The number of likely N-dealkylation sites (tertiary alicyclic amines) is 1. The molecular formula is C11H19N3O2. The highest BCUT2D eigenvalue weighted by Crippen LogP contribution is 2.44. The Kier molecular flexibility index (Phi) is 2.88. The molecule has 1 saturated carbocycles. The number of carbonyl (C=O) groups is 2. The van der Waals surface area contributed by atoms with Crippen LogP contribution >= 0.6 is 0 Å². The number of nitrogens with one attached hydrogen (secondary N) is 1. The zero-order valence-corrected chi connectivity index (χ0v) is 9.66. The van der Waals surface area contributed by atoms with Crippen molar-refractivity contribution < 1.29 is 9.59 Å². The summed E-state index contributed by atoms with van der Waals surface area (Å²) in [6.45, 7) is 1.05. The van der Waals surface area contributed by atoms with Crippen LogP contribution in [0.5, 0.6) is 0 Å². The van der Waals surface area contributed by atoms with E-state index in [-0.39, 0.29) is 23.3 Å². The van der Waals surface area contributed by atoms with E-state index >= 15 is 0 Å². The molecule has 16 heavy (non-hydrogen) atoms. The van der Waals surface area contributed by atoms with Crippen LogP contribution in [0.4, 0.5) is 0 Å². The van der Waals surface area contributed by atoms with E-state index in [0.717, 1.165) is 19.3 Å². The van der Waals surface area contributed by atoms with Gasteiger partial charge < -0.3 is 16.0 Å². The van der Waals surface area contributed by atoms with Crippen LogP contribution < -0.4 is 11.1 Å². The molecule has 90 valence electrons. The maximum Gasteiger partial charge on any atom is 0.227 e. The molecule has 1 heterocycles. The van der Waals surface area contributed by atoms with Crippen LogP contribution in [-0.4, -0.2) is 42.9 Å². The molecular weight excluding hydrogens is 206 g/mol. The van der Waals surface area contributed by atoms with Crippen LogP contribution in [0.2, 0.25) is 0 Å². The fraction of sp³-hybridized carbons (Fsp3) is 0.818. The van der Waals surface area contributed by atoms with Crippen LogP contribution in [0.25, 0.3) is 0 Å². The largest absolute Gasteiger partial charge is 0.351 e. The molecule has 0 spiro atoms. The third kappa shape index (κ3) is 2.04. The SMILES string of the molecule is CN1CC(NC(=O)C2(CN)CC2)CCC1=O. The average molecular weight is 225 g/mol. The van der Waals surface area contributed by atoms with E-state index in [9.17, 15) is 9.59 Å². The van der Waals surface area contributed by atoms with Gasteiger partial charge in [0, 0.05) is 32.6 Å². The van der Waals surface area contributed by atoms with E-state index in [4.69, 9.17) is 5.73 Å². The third-order valence-electron chi connectivity index (χ3n) is 3.69. The first-order chi connectivity index (χ1) is 7.57. The molecule has 1 aliphatic heterocycles.